The van der Waals surface area contributed by atoms with E-state index in [1.807, 2.05) is 54.6 Å². The lowest BCUT2D eigenvalue weighted by atomic mass is 9.66. The van der Waals surface area contributed by atoms with E-state index in [4.69, 9.17) is 9.47 Å². The molecule has 31 heavy (non-hydrogen) atoms. The summed E-state index contributed by atoms with van der Waals surface area (Å²) in [5.41, 5.74) is 5.35. The van der Waals surface area contributed by atoms with Gasteiger partial charge in [-0.3, -0.25) is 4.79 Å². The van der Waals surface area contributed by atoms with Crippen LogP contribution in [0.5, 0.6) is 0 Å². The quantitative estimate of drug-likeness (QED) is 0.519. The Bertz CT molecular complexity index is 1130. The molecule has 0 N–H and O–H groups in total. The number of fused-ring (bicyclic) bond motifs is 1. The van der Waals surface area contributed by atoms with Crippen LogP contribution in [0, 0.1) is 11.8 Å². The van der Waals surface area contributed by atoms with Crippen LogP contribution in [0.1, 0.15) is 22.6 Å². The summed E-state index contributed by atoms with van der Waals surface area (Å²) in [5.74, 6) is 0.306. The Morgan fingerprint density at radius 3 is 2.03 bits per heavy atom. The zero-order valence-corrected chi connectivity index (χ0v) is 17.4. The molecule has 2 aliphatic rings. The van der Waals surface area contributed by atoms with E-state index < -0.39 is 5.92 Å². The second-order valence-electron chi connectivity index (χ2n) is 7.97. The standard InChI is InChI=1S/C28H24O3/c1-30-28(29)26-22(19-11-5-2-6-12-19)17-23-24(25(26)20-13-7-3-8-14-20)18-31-27(23)21-15-9-4-10-16-21/h2-17,24-26H,18H2,1H3/t24-,25-,26-/m1/s1. The van der Waals surface area contributed by atoms with Crippen molar-refractivity contribution < 1.29 is 14.3 Å². The van der Waals surface area contributed by atoms with Crippen molar-refractivity contribution >= 4 is 17.3 Å². The van der Waals surface area contributed by atoms with Gasteiger partial charge < -0.3 is 9.47 Å². The smallest absolute Gasteiger partial charge is 0.313 e. The molecule has 0 radical (unpaired) electrons. The largest absolute Gasteiger partial charge is 0.492 e. The molecule has 154 valence electrons. The number of benzene rings is 3. The van der Waals surface area contributed by atoms with Crippen LogP contribution >= 0.6 is 0 Å². The Hall–Kier alpha value is -3.59. The van der Waals surface area contributed by atoms with E-state index in [0.717, 1.165) is 33.6 Å². The van der Waals surface area contributed by atoms with Crippen molar-refractivity contribution in [2.45, 2.75) is 5.92 Å². The highest BCUT2D eigenvalue weighted by Gasteiger charge is 2.46. The predicted molar refractivity (Wildman–Crippen MR) is 122 cm³/mol. The monoisotopic (exact) mass is 408 g/mol. The number of carbonyl (C=O) groups is 1. The summed E-state index contributed by atoms with van der Waals surface area (Å²) in [6.07, 6.45) is 2.16. The Kier molecular flexibility index (Phi) is 5.17. The van der Waals surface area contributed by atoms with E-state index in [0.29, 0.717) is 6.61 Å². The van der Waals surface area contributed by atoms with E-state index in [-0.39, 0.29) is 17.8 Å². The third-order valence-electron chi connectivity index (χ3n) is 6.29. The summed E-state index contributed by atoms with van der Waals surface area (Å²) in [6, 6.07) is 30.6. The molecule has 1 aliphatic heterocycles. The minimum Gasteiger partial charge on any atom is -0.492 e. The fraction of sp³-hybridized carbons (Fsp3) is 0.179. The van der Waals surface area contributed by atoms with Gasteiger partial charge in [0, 0.05) is 23.0 Å². The van der Waals surface area contributed by atoms with E-state index in [1.165, 1.54) is 7.11 Å². The maximum absolute atomic E-state index is 13.2. The maximum atomic E-state index is 13.2. The molecule has 0 bridgehead atoms. The van der Waals surface area contributed by atoms with Gasteiger partial charge in [-0.1, -0.05) is 97.1 Å². The average molecular weight is 408 g/mol. The molecule has 3 aromatic carbocycles. The normalized spacial score (nSPS) is 22.4. The highest BCUT2D eigenvalue weighted by atomic mass is 16.5. The first-order valence-electron chi connectivity index (χ1n) is 10.6. The summed E-state index contributed by atoms with van der Waals surface area (Å²) in [7, 11) is 1.47. The summed E-state index contributed by atoms with van der Waals surface area (Å²) < 4.78 is 11.6. The van der Waals surface area contributed by atoms with Gasteiger partial charge in [0.2, 0.25) is 0 Å². The Morgan fingerprint density at radius 2 is 1.42 bits per heavy atom. The molecule has 5 rings (SSSR count). The molecule has 0 saturated carbocycles. The molecule has 0 fully saturated rings. The molecule has 3 atom stereocenters. The first-order valence-corrected chi connectivity index (χ1v) is 10.6. The van der Waals surface area contributed by atoms with Crippen LogP contribution in [0.25, 0.3) is 11.3 Å². The first-order chi connectivity index (χ1) is 15.3. The van der Waals surface area contributed by atoms with E-state index in [2.05, 4.69) is 42.5 Å². The van der Waals surface area contributed by atoms with Crippen molar-refractivity contribution in [3.05, 3.63) is 119 Å². The average Bonchev–Trinajstić information content (AvgIpc) is 3.27. The highest BCUT2D eigenvalue weighted by molar-refractivity contribution is 5.93. The highest BCUT2D eigenvalue weighted by Crippen LogP contribution is 2.52. The van der Waals surface area contributed by atoms with Crippen LogP contribution in [0.3, 0.4) is 0 Å². The molecule has 0 saturated heterocycles. The Morgan fingerprint density at radius 1 is 0.839 bits per heavy atom. The number of allylic oxidation sites excluding steroid dienone is 1. The van der Waals surface area contributed by atoms with Crippen molar-refractivity contribution in [2.75, 3.05) is 13.7 Å². The van der Waals surface area contributed by atoms with Gasteiger partial charge in [-0.15, -0.1) is 0 Å². The van der Waals surface area contributed by atoms with Crippen molar-refractivity contribution in [1.29, 1.82) is 0 Å². The third kappa shape index (κ3) is 3.46. The maximum Gasteiger partial charge on any atom is 0.313 e. The summed E-state index contributed by atoms with van der Waals surface area (Å²) >= 11 is 0. The zero-order valence-electron chi connectivity index (χ0n) is 17.4. The molecule has 3 aromatic rings. The molecule has 3 heteroatoms. The van der Waals surface area contributed by atoms with Crippen LogP contribution in [-0.2, 0) is 14.3 Å². The van der Waals surface area contributed by atoms with Crippen LogP contribution in [0.15, 0.2) is 103 Å². The Labute approximate surface area is 182 Å². The van der Waals surface area contributed by atoms with Gasteiger partial charge in [0.1, 0.15) is 5.76 Å². The third-order valence-corrected chi connectivity index (χ3v) is 6.29. The minimum atomic E-state index is -0.401. The Balaban J connectivity index is 1.75. The molecule has 1 heterocycles. The molecular formula is C28H24O3. The fourth-order valence-corrected chi connectivity index (χ4v) is 4.90. The van der Waals surface area contributed by atoms with E-state index in [9.17, 15) is 4.79 Å². The van der Waals surface area contributed by atoms with Gasteiger partial charge in [-0.05, 0) is 16.7 Å². The molecule has 3 nitrogen and oxygen atoms in total. The van der Waals surface area contributed by atoms with Gasteiger partial charge in [0.05, 0.1) is 19.6 Å². The molecule has 0 unspecified atom stereocenters. The number of esters is 1. The fourth-order valence-electron chi connectivity index (χ4n) is 4.90. The van der Waals surface area contributed by atoms with E-state index in [1.54, 1.807) is 0 Å². The van der Waals surface area contributed by atoms with Crippen LogP contribution < -0.4 is 0 Å². The van der Waals surface area contributed by atoms with Gasteiger partial charge >= 0.3 is 5.97 Å². The number of rotatable bonds is 4. The number of carbonyl (C=O) groups excluding carboxylic acids is 1. The lowest BCUT2D eigenvalue weighted by Crippen LogP contribution is -2.34. The van der Waals surface area contributed by atoms with Gasteiger partial charge in [-0.2, -0.15) is 0 Å². The van der Waals surface area contributed by atoms with Crippen LogP contribution in [-0.4, -0.2) is 19.7 Å². The SMILES string of the molecule is COC(=O)[C@@H]1C(c2ccccc2)=CC2=C(c3ccccc3)OC[C@H]2[C@H]1c1ccccc1. The zero-order chi connectivity index (χ0) is 21.2. The summed E-state index contributed by atoms with van der Waals surface area (Å²) in [6.45, 7) is 0.547. The molecule has 0 spiro atoms. The van der Waals surface area contributed by atoms with Gasteiger partial charge in [0.15, 0.2) is 0 Å². The number of hydrogen-bond donors (Lipinski definition) is 0. The lowest BCUT2D eigenvalue weighted by molar-refractivity contribution is -0.144. The van der Waals surface area contributed by atoms with Gasteiger partial charge in [0.25, 0.3) is 0 Å². The molecule has 1 aliphatic carbocycles. The number of hydrogen-bond acceptors (Lipinski definition) is 3. The molecule has 0 amide bonds. The second-order valence-corrected chi connectivity index (χ2v) is 7.97. The molecular weight excluding hydrogens is 384 g/mol. The van der Waals surface area contributed by atoms with Crippen molar-refractivity contribution in [1.82, 2.24) is 0 Å². The van der Waals surface area contributed by atoms with Crippen LogP contribution in [0.4, 0.5) is 0 Å². The molecule has 0 aromatic heterocycles. The lowest BCUT2D eigenvalue weighted by Gasteiger charge is -2.36. The van der Waals surface area contributed by atoms with Gasteiger partial charge in [-0.25, -0.2) is 0 Å². The minimum absolute atomic E-state index is 0.0648. The van der Waals surface area contributed by atoms with Crippen molar-refractivity contribution in [3.8, 4) is 0 Å². The number of ether oxygens (including phenoxy) is 2. The number of methoxy groups -OCH3 is 1. The van der Waals surface area contributed by atoms with E-state index >= 15 is 0 Å². The van der Waals surface area contributed by atoms with Crippen LogP contribution in [0.2, 0.25) is 0 Å². The van der Waals surface area contributed by atoms with Crippen molar-refractivity contribution in [3.63, 3.8) is 0 Å². The summed E-state index contributed by atoms with van der Waals surface area (Å²) in [5, 5.41) is 0. The predicted octanol–water partition coefficient (Wildman–Crippen LogP) is 5.71. The first kappa shape index (κ1) is 19.4. The van der Waals surface area contributed by atoms with Crippen molar-refractivity contribution in [2.24, 2.45) is 11.8 Å². The second kappa shape index (κ2) is 8.27. The topological polar surface area (TPSA) is 35.5 Å². The summed E-state index contributed by atoms with van der Waals surface area (Å²) in [4.78, 5) is 13.2.